The van der Waals surface area contributed by atoms with Gasteiger partial charge in [0.15, 0.2) is 0 Å². The third kappa shape index (κ3) is 8.38. The van der Waals surface area contributed by atoms with Crippen LogP contribution >= 0.6 is 0 Å². The number of unbranched alkanes of at least 4 members (excludes halogenated alkanes) is 6. The van der Waals surface area contributed by atoms with Crippen molar-refractivity contribution in [3.05, 3.63) is 34.1 Å². The van der Waals surface area contributed by atoms with Crippen molar-refractivity contribution in [3.63, 3.8) is 0 Å². The molecule has 1 aromatic carbocycles. The zero-order valence-electron chi connectivity index (χ0n) is 17.9. The van der Waals surface area contributed by atoms with Gasteiger partial charge in [-0.15, -0.1) is 0 Å². The number of alkyl halides is 2. The van der Waals surface area contributed by atoms with E-state index < -0.39 is 23.0 Å². The topological polar surface area (TPSA) is 66.7 Å². The Hall–Kier alpha value is -2.32. The van der Waals surface area contributed by atoms with Crippen LogP contribution in [-0.4, -0.2) is 41.9 Å². The lowest BCUT2D eigenvalue weighted by Gasteiger charge is -2.26. The van der Waals surface area contributed by atoms with Crippen LogP contribution < -0.4 is 4.90 Å². The number of hydrogen-bond donors (Lipinski definition) is 0. The first kappa shape index (κ1) is 24.9. The highest BCUT2D eigenvalue weighted by atomic mass is 19.3. The lowest BCUT2D eigenvalue weighted by Crippen LogP contribution is -2.35. The summed E-state index contributed by atoms with van der Waals surface area (Å²) in [6.45, 7) is -0.973. The van der Waals surface area contributed by atoms with Gasteiger partial charge >= 0.3 is 12.2 Å². The zero-order valence-corrected chi connectivity index (χ0v) is 17.9. The van der Waals surface area contributed by atoms with Crippen LogP contribution in [0.4, 0.5) is 24.5 Å². The molecule has 0 bridgehead atoms. The molecule has 0 radical (unpaired) electrons. The summed E-state index contributed by atoms with van der Waals surface area (Å²) in [5, 5.41) is 10.7. The van der Waals surface area contributed by atoms with Crippen molar-refractivity contribution in [2.45, 2.75) is 77.2 Å². The van der Waals surface area contributed by atoms with E-state index in [1.54, 1.807) is 0 Å². The van der Waals surface area contributed by atoms with E-state index in [0.29, 0.717) is 12.8 Å². The molecule has 0 aliphatic carbocycles. The number of nitro groups is 1. The summed E-state index contributed by atoms with van der Waals surface area (Å²) in [5.74, 6) is -0.860. The number of carbonyl (C=O) groups excluding carboxylic acids is 1. The molecule has 1 fully saturated rings. The number of hydrogen-bond acceptors (Lipinski definition) is 4. The highest BCUT2D eigenvalue weighted by molar-refractivity contribution is 5.76. The van der Waals surface area contributed by atoms with Gasteiger partial charge in [0, 0.05) is 43.9 Å². The quantitative estimate of drug-likeness (QED) is 0.165. The van der Waals surface area contributed by atoms with E-state index >= 15 is 0 Å². The van der Waals surface area contributed by atoms with Crippen LogP contribution in [-0.2, 0) is 4.79 Å². The summed E-state index contributed by atoms with van der Waals surface area (Å²) in [4.78, 5) is 24.6. The van der Waals surface area contributed by atoms with Gasteiger partial charge in [-0.25, -0.2) is 0 Å². The number of benzene rings is 1. The number of carbonyl (C=O) groups is 1. The molecule has 1 saturated heterocycles. The maximum absolute atomic E-state index is 13.7. The highest BCUT2D eigenvalue weighted by Crippen LogP contribution is 2.26. The van der Waals surface area contributed by atoms with Gasteiger partial charge in [-0.3, -0.25) is 14.9 Å². The number of halogens is 3. The minimum absolute atomic E-state index is 0.0548. The lowest BCUT2D eigenvalue weighted by atomic mass is 10.1. The third-order valence-corrected chi connectivity index (χ3v) is 5.69. The minimum atomic E-state index is -2.81. The van der Waals surface area contributed by atoms with Gasteiger partial charge in [-0.2, -0.15) is 13.2 Å². The number of nitrogens with zero attached hydrogens (tertiary/aromatic N) is 3. The second kappa shape index (κ2) is 13.2. The average molecular weight is 444 g/mol. The number of likely N-dealkylation sites (tertiary alicyclic amines) is 1. The molecule has 1 aliphatic heterocycles. The molecule has 31 heavy (non-hydrogen) atoms. The Morgan fingerprint density at radius 3 is 2.23 bits per heavy atom. The number of piperidine rings is 1. The predicted octanol–water partition coefficient (Wildman–Crippen LogP) is 5.90. The van der Waals surface area contributed by atoms with Crippen LogP contribution in [0.5, 0.6) is 0 Å². The van der Waals surface area contributed by atoms with Crippen molar-refractivity contribution in [1.82, 2.24) is 4.90 Å². The Morgan fingerprint density at radius 1 is 1.03 bits per heavy atom. The molecule has 1 aliphatic rings. The summed E-state index contributed by atoms with van der Waals surface area (Å²) < 4.78 is 40.4. The first-order valence-corrected chi connectivity index (χ1v) is 11.2. The molecule has 0 aromatic heterocycles. The Labute approximate surface area is 181 Å². The van der Waals surface area contributed by atoms with Crippen molar-refractivity contribution >= 4 is 17.3 Å². The monoisotopic (exact) mass is 443 g/mol. The zero-order chi connectivity index (χ0) is 22.6. The molecule has 1 heterocycles. The fourth-order valence-electron chi connectivity index (χ4n) is 3.91. The highest BCUT2D eigenvalue weighted by Gasteiger charge is 2.21. The van der Waals surface area contributed by atoms with E-state index in [0.717, 1.165) is 87.6 Å². The molecule has 6 nitrogen and oxygen atoms in total. The van der Waals surface area contributed by atoms with Crippen LogP contribution in [0.3, 0.4) is 0 Å². The maximum Gasteiger partial charge on any atom is 0.315 e. The number of rotatable bonds is 13. The summed E-state index contributed by atoms with van der Waals surface area (Å²) in [6, 6.07) is 2.85. The standard InChI is InChI=1S/C22H32F3N3O3/c23-19-17-18(12-13-20(19)28(30)31)27(22(24)25)16-10-5-3-1-2-4-7-11-21(29)26-14-8-6-9-15-26/h12-13,17,22H,1-11,14-16H2. The first-order valence-electron chi connectivity index (χ1n) is 11.2. The molecule has 9 heteroatoms. The largest absolute Gasteiger partial charge is 0.343 e. The van der Waals surface area contributed by atoms with Gasteiger partial charge < -0.3 is 9.80 Å². The molecule has 0 unspecified atom stereocenters. The second-order valence-corrected chi connectivity index (χ2v) is 8.03. The van der Waals surface area contributed by atoms with Crippen molar-refractivity contribution in [2.24, 2.45) is 0 Å². The molecule has 1 aromatic rings. The van der Waals surface area contributed by atoms with Gasteiger partial charge in [0.1, 0.15) is 0 Å². The van der Waals surface area contributed by atoms with E-state index in [1.807, 2.05) is 4.90 Å². The van der Waals surface area contributed by atoms with Gasteiger partial charge in [0.25, 0.3) is 0 Å². The molecule has 0 N–H and O–H groups in total. The summed E-state index contributed by atoms with van der Waals surface area (Å²) >= 11 is 0. The van der Waals surface area contributed by atoms with Crippen LogP contribution in [0, 0.1) is 15.9 Å². The van der Waals surface area contributed by atoms with Gasteiger partial charge in [0.05, 0.1) is 4.92 Å². The van der Waals surface area contributed by atoms with E-state index in [-0.39, 0.29) is 18.1 Å². The van der Waals surface area contributed by atoms with Gasteiger partial charge in [-0.1, -0.05) is 32.1 Å². The Kier molecular flexibility index (Phi) is 10.6. The number of anilines is 1. The normalized spacial score (nSPS) is 14.1. The lowest BCUT2D eigenvalue weighted by molar-refractivity contribution is -0.387. The number of nitro benzene ring substituents is 1. The Balaban J connectivity index is 1.59. The Morgan fingerprint density at radius 2 is 1.65 bits per heavy atom. The third-order valence-electron chi connectivity index (χ3n) is 5.69. The van der Waals surface area contributed by atoms with Crippen molar-refractivity contribution in [2.75, 3.05) is 24.5 Å². The fraction of sp³-hybridized carbons (Fsp3) is 0.682. The fourth-order valence-corrected chi connectivity index (χ4v) is 3.91. The van der Waals surface area contributed by atoms with Crippen LogP contribution in [0.25, 0.3) is 0 Å². The number of amides is 1. The smallest absolute Gasteiger partial charge is 0.315 e. The van der Waals surface area contributed by atoms with Crippen molar-refractivity contribution in [3.8, 4) is 0 Å². The maximum atomic E-state index is 13.7. The second-order valence-electron chi connectivity index (χ2n) is 8.03. The SMILES string of the molecule is O=C(CCCCCCCCCN(c1ccc([N+](=O)[O-])c(F)c1)C(F)F)N1CCCCC1. The van der Waals surface area contributed by atoms with E-state index in [2.05, 4.69) is 0 Å². The van der Waals surface area contributed by atoms with E-state index in [9.17, 15) is 28.1 Å². The summed E-state index contributed by atoms with van der Waals surface area (Å²) in [5.41, 5.74) is -0.785. The minimum Gasteiger partial charge on any atom is -0.343 e. The van der Waals surface area contributed by atoms with E-state index in [1.165, 1.54) is 6.42 Å². The molecular weight excluding hydrogens is 411 g/mol. The molecule has 2 rings (SSSR count). The van der Waals surface area contributed by atoms with Crippen LogP contribution in [0.2, 0.25) is 0 Å². The van der Waals surface area contributed by atoms with E-state index in [4.69, 9.17) is 0 Å². The molecule has 0 atom stereocenters. The molecular formula is C22H32F3N3O3. The molecule has 174 valence electrons. The average Bonchev–Trinajstić information content (AvgIpc) is 2.75. The predicted molar refractivity (Wildman–Crippen MR) is 114 cm³/mol. The summed E-state index contributed by atoms with van der Waals surface area (Å²) in [7, 11) is 0. The van der Waals surface area contributed by atoms with Gasteiger partial charge in [0.2, 0.25) is 11.7 Å². The van der Waals surface area contributed by atoms with Crippen molar-refractivity contribution in [1.29, 1.82) is 0 Å². The van der Waals surface area contributed by atoms with Crippen molar-refractivity contribution < 1.29 is 22.9 Å². The van der Waals surface area contributed by atoms with Gasteiger partial charge in [-0.05, 0) is 38.2 Å². The summed E-state index contributed by atoms with van der Waals surface area (Å²) in [6.07, 6.45) is 10.1. The first-order chi connectivity index (χ1) is 14.9. The molecule has 0 saturated carbocycles. The molecule has 1 amide bonds. The van der Waals surface area contributed by atoms with Crippen LogP contribution in [0.1, 0.15) is 70.6 Å². The van der Waals surface area contributed by atoms with Crippen LogP contribution in [0.15, 0.2) is 18.2 Å². The molecule has 0 spiro atoms. The Bertz CT molecular complexity index is 712.